The number of hydrogen-bond donors (Lipinski definition) is 3. The van der Waals surface area contributed by atoms with E-state index >= 15 is 0 Å². The number of rotatable bonds is 20. The Morgan fingerprint density at radius 3 is 1.94 bits per heavy atom. The third-order valence-corrected chi connectivity index (χ3v) is 7.98. The van der Waals surface area contributed by atoms with E-state index in [-0.39, 0.29) is 12.8 Å². The third-order valence-electron chi connectivity index (χ3n) is 5.47. The zero-order valence-electron chi connectivity index (χ0n) is 31.8. The molecule has 0 aliphatic heterocycles. The molecular weight excluding hydrogens is 693 g/mol. The highest BCUT2D eigenvalue weighted by atomic mass is 32.1. The molecule has 4 N–H and O–H groups in total. The summed E-state index contributed by atoms with van der Waals surface area (Å²) in [5.74, 6) is 0. The van der Waals surface area contributed by atoms with Gasteiger partial charge in [-0.25, -0.2) is 0 Å². The van der Waals surface area contributed by atoms with Crippen LogP contribution in [0.4, 0.5) is 0 Å². The number of nitrogens with zero attached hydrogens (tertiary/aromatic N) is 1. The minimum Gasteiger partial charge on any atom is -0.399 e. The van der Waals surface area contributed by atoms with E-state index in [9.17, 15) is 0 Å². The van der Waals surface area contributed by atoms with Crippen LogP contribution in [-0.2, 0) is 14.2 Å². The fraction of sp³-hybridized carbons (Fsp3) is 0.366. The fourth-order valence-electron chi connectivity index (χ4n) is 3.25. The molecule has 3 aromatic heterocycles. The molecule has 3 aromatic rings. The maximum atomic E-state index is 7.24. The maximum absolute atomic E-state index is 7.24. The molecule has 51 heavy (non-hydrogen) atoms. The van der Waals surface area contributed by atoms with Crippen LogP contribution in [0.15, 0.2) is 112 Å². The Labute approximate surface area is 321 Å². The van der Waals surface area contributed by atoms with Crippen molar-refractivity contribution in [1.82, 2.24) is 5.32 Å². The summed E-state index contributed by atoms with van der Waals surface area (Å²) in [6, 6.07) is 12.2. The fourth-order valence-corrected chi connectivity index (χ4v) is 5.13. The molecule has 0 amide bonds. The van der Waals surface area contributed by atoms with E-state index in [0.717, 1.165) is 22.6 Å². The summed E-state index contributed by atoms with van der Waals surface area (Å²) < 4.78 is 16.4. The van der Waals surface area contributed by atoms with Crippen LogP contribution in [0.1, 0.15) is 69.0 Å². The standard InChI is InChI=1S/C17H27N3O3S.C11H14S.C9H9NS.2C2H6/c1-3-23-16(11-21-13-19-2)12-22-14-20-9-8-15(18)6-7-17-5-4-10-24-17;1-2-3-4-5-6-8-11-9-7-10-12-11;1-2-8(10)5-6-9-4-3-7-11-9;2*1-2/h4-10,16,19H,3,11-14,18H2,1-2H3;3-4,6-10H,2,5H2,1H3;2-7,10H,1H2;2*1-2H3/b7-6+,15-8-,20-9+;4-3-,8-6+;6-5+,10-8?;;. The first-order valence-electron chi connectivity index (χ1n) is 17.4. The Bertz CT molecular complexity index is 1340. The Morgan fingerprint density at radius 2 is 1.43 bits per heavy atom. The van der Waals surface area contributed by atoms with E-state index < -0.39 is 0 Å². The molecule has 282 valence electrons. The van der Waals surface area contributed by atoms with Gasteiger partial charge in [0.2, 0.25) is 0 Å². The van der Waals surface area contributed by atoms with Gasteiger partial charge >= 0.3 is 0 Å². The molecular formula is C41H62N4O3S3. The number of allylic oxidation sites excluding steroid dienone is 7. The van der Waals surface area contributed by atoms with Crippen molar-refractivity contribution in [3.05, 3.63) is 122 Å². The topological polar surface area (TPSA) is 102 Å². The van der Waals surface area contributed by atoms with Gasteiger partial charge in [0.05, 0.1) is 25.7 Å². The number of nitrogens with two attached hydrogens (primary N) is 1. The molecule has 10 heteroatoms. The summed E-state index contributed by atoms with van der Waals surface area (Å²) in [7, 11) is 1.83. The van der Waals surface area contributed by atoms with Crippen molar-refractivity contribution in [2.75, 3.05) is 40.3 Å². The monoisotopic (exact) mass is 754 g/mol. The summed E-state index contributed by atoms with van der Waals surface area (Å²) in [5.41, 5.74) is 6.95. The summed E-state index contributed by atoms with van der Waals surface area (Å²) in [6.45, 7) is 17.9. The molecule has 0 aliphatic carbocycles. The number of hydrogen-bond acceptors (Lipinski definition) is 10. The Hall–Kier alpha value is -3.48. The second-order valence-corrected chi connectivity index (χ2v) is 12.3. The molecule has 1 atom stereocenters. The summed E-state index contributed by atoms with van der Waals surface area (Å²) in [4.78, 5) is 7.80. The first-order chi connectivity index (χ1) is 25.0. The van der Waals surface area contributed by atoms with Gasteiger partial charge in [0.25, 0.3) is 0 Å². The highest BCUT2D eigenvalue weighted by molar-refractivity contribution is 7.11. The van der Waals surface area contributed by atoms with E-state index in [1.54, 1.807) is 52.4 Å². The van der Waals surface area contributed by atoms with Crippen molar-refractivity contribution >= 4 is 64.2 Å². The predicted molar refractivity (Wildman–Crippen MR) is 232 cm³/mol. The summed E-state index contributed by atoms with van der Waals surface area (Å²) >= 11 is 5.10. The molecule has 0 saturated carbocycles. The van der Waals surface area contributed by atoms with Gasteiger partial charge < -0.3 is 25.4 Å². The lowest BCUT2D eigenvalue weighted by molar-refractivity contribution is -0.0570. The van der Waals surface area contributed by atoms with Crippen molar-refractivity contribution in [3.63, 3.8) is 0 Å². The van der Waals surface area contributed by atoms with Gasteiger partial charge in [-0.2, -0.15) is 0 Å². The smallest absolute Gasteiger partial charge is 0.137 e. The molecule has 0 aromatic carbocycles. The average Bonchev–Trinajstić information content (AvgIpc) is 3.99. The van der Waals surface area contributed by atoms with Crippen molar-refractivity contribution in [2.24, 2.45) is 10.7 Å². The largest absolute Gasteiger partial charge is 0.399 e. The second-order valence-electron chi connectivity index (χ2n) is 9.33. The van der Waals surface area contributed by atoms with Crippen LogP contribution in [0.25, 0.3) is 18.2 Å². The SMILES string of the molecule is C=CC(=N)/C=C/c1cccs1.CC.CC.CC/C=C\C/C=C/c1cccs1.CCOC(COC/N=C/C=C(N)/C=C/c1cccs1)COCNC. The van der Waals surface area contributed by atoms with E-state index in [1.807, 2.05) is 94.9 Å². The van der Waals surface area contributed by atoms with Crippen LogP contribution in [0.3, 0.4) is 0 Å². The predicted octanol–water partition coefficient (Wildman–Crippen LogP) is 11.4. The zero-order valence-corrected chi connectivity index (χ0v) is 34.2. The lowest BCUT2D eigenvalue weighted by atomic mass is 10.3. The van der Waals surface area contributed by atoms with E-state index in [4.69, 9.17) is 25.4 Å². The maximum Gasteiger partial charge on any atom is 0.137 e. The average molecular weight is 755 g/mol. The first-order valence-corrected chi connectivity index (χ1v) is 20.0. The Morgan fingerprint density at radius 1 is 0.863 bits per heavy atom. The minimum atomic E-state index is -0.0899. The van der Waals surface area contributed by atoms with Gasteiger partial charge in [0, 0.05) is 33.1 Å². The molecule has 0 spiro atoms. The van der Waals surface area contributed by atoms with Crippen molar-refractivity contribution in [3.8, 4) is 0 Å². The van der Waals surface area contributed by atoms with Crippen LogP contribution in [-0.4, -0.2) is 58.4 Å². The summed E-state index contributed by atoms with van der Waals surface area (Å²) in [5, 5.41) is 16.3. The highest BCUT2D eigenvalue weighted by Gasteiger charge is 2.08. The first kappa shape index (κ1) is 49.6. The molecule has 0 radical (unpaired) electrons. The zero-order chi connectivity index (χ0) is 38.2. The lowest BCUT2D eigenvalue weighted by Gasteiger charge is -2.16. The van der Waals surface area contributed by atoms with Crippen LogP contribution in [0, 0.1) is 5.41 Å². The number of nitrogens with one attached hydrogen (secondary N) is 2. The normalized spacial score (nSPS) is 11.8. The molecule has 3 heterocycles. The van der Waals surface area contributed by atoms with Crippen LogP contribution < -0.4 is 11.1 Å². The Kier molecular flexibility index (Phi) is 38.3. The Balaban J connectivity index is 0. The van der Waals surface area contributed by atoms with Gasteiger partial charge in [0.15, 0.2) is 0 Å². The molecule has 0 saturated heterocycles. The van der Waals surface area contributed by atoms with E-state index in [1.165, 1.54) is 11.0 Å². The van der Waals surface area contributed by atoms with Crippen molar-refractivity contribution in [2.45, 2.75) is 60.5 Å². The van der Waals surface area contributed by atoms with Crippen molar-refractivity contribution < 1.29 is 14.2 Å². The lowest BCUT2D eigenvalue weighted by Crippen LogP contribution is -2.28. The highest BCUT2D eigenvalue weighted by Crippen LogP contribution is 2.12. The van der Waals surface area contributed by atoms with Crippen molar-refractivity contribution in [1.29, 1.82) is 5.41 Å². The summed E-state index contributed by atoms with van der Waals surface area (Å²) in [6.07, 6.45) is 23.2. The quantitative estimate of drug-likeness (QED) is 0.0350. The van der Waals surface area contributed by atoms with Crippen LogP contribution in [0.5, 0.6) is 0 Å². The molecule has 0 fully saturated rings. The molecule has 0 bridgehead atoms. The molecule has 1 unspecified atom stereocenters. The van der Waals surface area contributed by atoms with Gasteiger partial charge in [-0.1, -0.05) is 77.6 Å². The van der Waals surface area contributed by atoms with E-state index in [0.29, 0.717) is 38.0 Å². The number of ether oxygens (including phenoxy) is 3. The van der Waals surface area contributed by atoms with Gasteiger partial charge in [-0.05, 0) is 104 Å². The van der Waals surface area contributed by atoms with Crippen LogP contribution >= 0.6 is 34.0 Å². The second kappa shape index (κ2) is 39.3. The molecule has 0 aliphatic rings. The van der Waals surface area contributed by atoms with Gasteiger partial charge in [-0.15, -0.1) is 34.0 Å². The van der Waals surface area contributed by atoms with Gasteiger partial charge in [0.1, 0.15) is 12.8 Å². The van der Waals surface area contributed by atoms with E-state index in [2.05, 4.69) is 65.6 Å². The molecule has 3 rings (SSSR count). The van der Waals surface area contributed by atoms with Gasteiger partial charge in [-0.3, -0.25) is 10.3 Å². The number of aliphatic imine (C=N–C) groups is 1. The third kappa shape index (κ3) is 32.2. The number of thiophene rings is 3. The molecule has 7 nitrogen and oxygen atoms in total. The minimum absolute atomic E-state index is 0.0899. The van der Waals surface area contributed by atoms with Crippen LogP contribution in [0.2, 0.25) is 0 Å².